The molecule has 0 saturated carbocycles. The highest BCUT2D eigenvalue weighted by Gasteiger charge is 2.30. The topological polar surface area (TPSA) is 63.7 Å². The van der Waals surface area contributed by atoms with Gasteiger partial charge in [0.15, 0.2) is 0 Å². The van der Waals surface area contributed by atoms with E-state index < -0.39 is 34.5 Å². The monoisotopic (exact) mass is 453 g/mol. The fourth-order valence-electron chi connectivity index (χ4n) is 2.17. The van der Waals surface area contributed by atoms with Crippen LogP contribution in [-0.4, -0.2) is 27.0 Å². The van der Waals surface area contributed by atoms with Crippen LogP contribution in [0.15, 0.2) is 41.3 Å². The van der Waals surface area contributed by atoms with Crippen LogP contribution in [0, 0.1) is 5.82 Å². The molecule has 0 aliphatic rings. The molecular weight excluding hydrogens is 440 g/mol. The molecule has 0 heterocycles. The Hall–Kier alpha value is -1.54. The normalized spacial score (nSPS) is 11.5. The number of benzene rings is 2. The lowest BCUT2D eigenvalue weighted by Gasteiger charge is -2.25. The first-order chi connectivity index (χ1) is 12.5. The number of anilines is 1. The Balaban J connectivity index is 2.58. The van der Waals surface area contributed by atoms with E-state index in [1.54, 1.807) is 13.8 Å². The molecule has 2 aromatic carbocycles. The van der Waals surface area contributed by atoms with Crippen LogP contribution in [0.2, 0.25) is 15.1 Å². The number of ether oxygens (including phenoxy) is 1. The molecule has 0 aromatic heterocycles. The minimum Gasteiger partial charge on any atom is -0.462 e. The van der Waals surface area contributed by atoms with E-state index in [4.69, 9.17) is 39.5 Å². The molecule has 0 aliphatic carbocycles. The molecule has 27 heavy (non-hydrogen) atoms. The van der Waals surface area contributed by atoms with E-state index in [1.165, 1.54) is 18.2 Å². The average Bonchev–Trinajstić information content (AvgIpc) is 2.56. The van der Waals surface area contributed by atoms with Gasteiger partial charge in [0, 0.05) is 5.02 Å². The predicted molar refractivity (Wildman–Crippen MR) is 104 cm³/mol. The number of nitrogens with zero attached hydrogens (tertiary/aromatic N) is 1. The van der Waals surface area contributed by atoms with Crippen molar-refractivity contribution in [2.45, 2.75) is 24.8 Å². The maximum atomic E-state index is 13.5. The predicted octanol–water partition coefficient (Wildman–Crippen LogP) is 4.93. The summed E-state index contributed by atoms with van der Waals surface area (Å²) in [6.45, 7) is 2.59. The lowest BCUT2D eigenvalue weighted by Crippen LogP contribution is -2.37. The second-order valence-electron chi connectivity index (χ2n) is 5.72. The molecule has 0 aliphatic heterocycles. The second-order valence-corrected chi connectivity index (χ2v) is 8.81. The summed E-state index contributed by atoms with van der Waals surface area (Å²) in [6, 6.07) is 7.17. The van der Waals surface area contributed by atoms with E-state index in [0.29, 0.717) is 0 Å². The van der Waals surface area contributed by atoms with Gasteiger partial charge in [0.25, 0.3) is 10.0 Å². The number of rotatable bonds is 6. The van der Waals surface area contributed by atoms with Crippen LogP contribution in [0.25, 0.3) is 0 Å². The second kappa shape index (κ2) is 8.65. The highest BCUT2D eigenvalue weighted by molar-refractivity contribution is 7.93. The van der Waals surface area contributed by atoms with E-state index in [0.717, 1.165) is 22.5 Å². The van der Waals surface area contributed by atoms with Crippen molar-refractivity contribution in [3.05, 3.63) is 57.3 Å². The Morgan fingerprint density at radius 2 is 1.78 bits per heavy atom. The molecule has 0 unspecified atom stereocenters. The highest BCUT2D eigenvalue weighted by atomic mass is 35.5. The molecule has 0 spiro atoms. The van der Waals surface area contributed by atoms with E-state index in [1.807, 2.05) is 0 Å². The average molecular weight is 455 g/mol. The Labute approximate surface area is 171 Å². The van der Waals surface area contributed by atoms with Crippen LogP contribution in [0.3, 0.4) is 0 Å². The van der Waals surface area contributed by atoms with E-state index in [-0.39, 0.29) is 25.7 Å². The van der Waals surface area contributed by atoms with Crippen LogP contribution in [0.5, 0.6) is 0 Å². The Morgan fingerprint density at radius 1 is 1.11 bits per heavy atom. The highest BCUT2D eigenvalue weighted by Crippen LogP contribution is 2.32. The molecular formula is C17H15Cl3FNO4S. The SMILES string of the molecule is CC(C)OC(=O)CN(c1ccc(F)c(Cl)c1)S(=O)(=O)c1cc(Cl)ccc1Cl. The van der Waals surface area contributed by atoms with Crippen LogP contribution in [0.4, 0.5) is 10.1 Å². The molecule has 146 valence electrons. The van der Waals surface area contributed by atoms with Crippen molar-refractivity contribution in [1.29, 1.82) is 0 Å². The number of halogens is 4. The summed E-state index contributed by atoms with van der Waals surface area (Å²) in [5.74, 6) is -1.53. The van der Waals surface area contributed by atoms with Gasteiger partial charge >= 0.3 is 5.97 Å². The van der Waals surface area contributed by atoms with Gasteiger partial charge in [-0.3, -0.25) is 9.10 Å². The van der Waals surface area contributed by atoms with Gasteiger partial charge < -0.3 is 4.74 Å². The minimum atomic E-state index is -4.33. The molecule has 0 bridgehead atoms. The summed E-state index contributed by atoms with van der Waals surface area (Å²) in [4.78, 5) is 11.8. The number of hydrogen-bond donors (Lipinski definition) is 0. The molecule has 0 atom stereocenters. The number of sulfonamides is 1. The quantitative estimate of drug-likeness (QED) is 0.580. The number of hydrogen-bond acceptors (Lipinski definition) is 4. The van der Waals surface area contributed by atoms with Crippen molar-refractivity contribution in [3.8, 4) is 0 Å². The van der Waals surface area contributed by atoms with E-state index >= 15 is 0 Å². The third-order valence-corrected chi connectivity index (χ3v) is 6.07. The van der Waals surface area contributed by atoms with Crippen molar-refractivity contribution in [3.63, 3.8) is 0 Å². The number of esters is 1. The summed E-state index contributed by atoms with van der Waals surface area (Å²) in [5, 5.41) is -0.253. The molecule has 0 radical (unpaired) electrons. The van der Waals surface area contributed by atoms with Crippen LogP contribution < -0.4 is 4.31 Å². The first kappa shape index (κ1) is 21.8. The zero-order chi connectivity index (χ0) is 20.4. The molecule has 0 fully saturated rings. The Morgan fingerprint density at radius 3 is 2.37 bits per heavy atom. The standard InChI is InChI=1S/C17H15Cl3FNO4S/c1-10(2)26-17(23)9-22(12-4-6-15(21)14(20)8-12)27(24,25)16-7-11(18)3-5-13(16)19/h3-8,10H,9H2,1-2H3. The molecule has 0 N–H and O–H groups in total. The first-order valence-corrected chi connectivity index (χ1v) is 10.2. The molecule has 10 heteroatoms. The molecule has 5 nitrogen and oxygen atoms in total. The van der Waals surface area contributed by atoms with Crippen molar-refractivity contribution in [2.24, 2.45) is 0 Å². The summed E-state index contributed by atoms with van der Waals surface area (Å²) in [7, 11) is -4.33. The van der Waals surface area contributed by atoms with Gasteiger partial charge in [0.05, 0.1) is 21.8 Å². The summed E-state index contributed by atoms with van der Waals surface area (Å²) < 4.78 is 45.6. The Kier molecular flexibility index (Phi) is 6.97. The molecule has 0 saturated heterocycles. The fraction of sp³-hybridized carbons (Fsp3) is 0.235. The van der Waals surface area contributed by atoms with Gasteiger partial charge in [0.2, 0.25) is 0 Å². The van der Waals surface area contributed by atoms with Crippen molar-refractivity contribution < 1.29 is 22.3 Å². The van der Waals surface area contributed by atoms with Gasteiger partial charge in [-0.2, -0.15) is 0 Å². The smallest absolute Gasteiger partial charge is 0.327 e. The van der Waals surface area contributed by atoms with Crippen LogP contribution in [0.1, 0.15) is 13.8 Å². The zero-order valence-corrected chi connectivity index (χ0v) is 17.3. The fourth-order valence-corrected chi connectivity index (χ4v) is 4.48. The largest absolute Gasteiger partial charge is 0.462 e. The summed E-state index contributed by atoms with van der Waals surface area (Å²) in [6.07, 6.45) is -0.450. The zero-order valence-electron chi connectivity index (χ0n) is 14.2. The lowest BCUT2D eigenvalue weighted by molar-refractivity contribution is -0.145. The van der Waals surface area contributed by atoms with Gasteiger partial charge in [-0.25, -0.2) is 12.8 Å². The Bertz CT molecular complexity index is 967. The molecule has 0 amide bonds. The number of carbonyl (C=O) groups is 1. The summed E-state index contributed by atoms with van der Waals surface area (Å²) >= 11 is 17.7. The lowest BCUT2D eigenvalue weighted by atomic mass is 10.3. The van der Waals surface area contributed by atoms with E-state index in [9.17, 15) is 17.6 Å². The van der Waals surface area contributed by atoms with Crippen molar-refractivity contribution in [1.82, 2.24) is 0 Å². The number of carbonyl (C=O) groups excluding carboxylic acids is 1. The van der Waals surface area contributed by atoms with E-state index in [2.05, 4.69) is 0 Å². The first-order valence-electron chi connectivity index (χ1n) is 7.64. The third kappa shape index (κ3) is 5.25. The summed E-state index contributed by atoms with van der Waals surface area (Å²) in [5.41, 5.74) is -0.0295. The van der Waals surface area contributed by atoms with Gasteiger partial charge in [-0.15, -0.1) is 0 Å². The molecule has 2 rings (SSSR count). The maximum absolute atomic E-state index is 13.5. The third-order valence-electron chi connectivity index (χ3n) is 3.29. The van der Waals surface area contributed by atoms with Crippen molar-refractivity contribution in [2.75, 3.05) is 10.8 Å². The van der Waals surface area contributed by atoms with Gasteiger partial charge in [-0.1, -0.05) is 34.8 Å². The van der Waals surface area contributed by atoms with Crippen molar-refractivity contribution >= 4 is 56.5 Å². The van der Waals surface area contributed by atoms with Crippen LogP contribution in [-0.2, 0) is 19.6 Å². The maximum Gasteiger partial charge on any atom is 0.327 e. The van der Waals surface area contributed by atoms with Crippen LogP contribution >= 0.6 is 34.8 Å². The molecule has 2 aromatic rings. The van der Waals surface area contributed by atoms with Gasteiger partial charge in [-0.05, 0) is 50.2 Å². The van der Waals surface area contributed by atoms with Gasteiger partial charge in [0.1, 0.15) is 17.3 Å². The minimum absolute atomic E-state index is 0.0295.